The second-order valence-electron chi connectivity index (χ2n) is 7.27. The molecule has 2 atom stereocenters. The van der Waals surface area contributed by atoms with E-state index in [9.17, 15) is 9.59 Å². The molecule has 6 heteroatoms. The fraction of sp³-hybridized carbons (Fsp3) is 0.500. The van der Waals surface area contributed by atoms with Crippen LogP contribution in [0.1, 0.15) is 54.0 Å². The maximum atomic E-state index is 12.8. The van der Waals surface area contributed by atoms with Crippen LogP contribution in [0.3, 0.4) is 0 Å². The molecule has 4 rings (SSSR count). The lowest BCUT2D eigenvalue weighted by molar-refractivity contribution is 0.0588. The van der Waals surface area contributed by atoms with Crippen molar-refractivity contribution in [1.82, 2.24) is 19.7 Å². The molecule has 0 saturated carbocycles. The molecule has 0 unspecified atom stereocenters. The Kier molecular flexibility index (Phi) is 3.55. The zero-order chi connectivity index (χ0) is 16.8. The van der Waals surface area contributed by atoms with E-state index in [1.807, 2.05) is 27.7 Å². The molecule has 1 N–H and O–H groups in total. The molecule has 1 fully saturated rings. The van der Waals surface area contributed by atoms with Crippen LogP contribution in [0.2, 0.25) is 0 Å². The molecule has 1 saturated heterocycles. The first-order chi connectivity index (χ1) is 11.5. The molecule has 0 aromatic carbocycles. The van der Waals surface area contributed by atoms with Crippen molar-refractivity contribution in [1.29, 1.82) is 0 Å². The molecule has 4 heterocycles. The monoisotopic (exact) mass is 326 g/mol. The minimum atomic E-state index is -0.0143. The van der Waals surface area contributed by atoms with E-state index in [0.29, 0.717) is 37.2 Å². The topological polar surface area (TPSA) is 71.0 Å². The lowest BCUT2D eigenvalue weighted by Crippen LogP contribution is -2.49. The third-order valence-electron chi connectivity index (χ3n) is 5.21. The van der Waals surface area contributed by atoms with Crippen LogP contribution >= 0.6 is 0 Å². The lowest BCUT2D eigenvalue weighted by Gasteiger charge is -2.42. The van der Waals surface area contributed by atoms with Crippen LogP contribution in [-0.4, -0.2) is 38.7 Å². The molecular weight excluding hydrogens is 304 g/mol. The van der Waals surface area contributed by atoms with Crippen LogP contribution in [0.4, 0.5) is 0 Å². The molecule has 0 aliphatic carbocycles. The molecule has 0 spiro atoms. The van der Waals surface area contributed by atoms with Gasteiger partial charge in [-0.1, -0.05) is 19.9 Å². The molecule has 2 aliphatic heterocycles. The van der Waals surface area contributed by atoms with Gasteiger partial charge in [0.2, 0.25) is 0 Å². The van der Waals surface area contributed by atoms with Gasteiger partial charge in [-0.25, -0.2) is 0 Å². The van der Waals surface area contributed by atoms with E-state index < -0.39 is 0 Å². The average Bonchev–Trinajstić information content (AvgIpc) is 3.05. The van der Waals surface area contributed by atoms with E-state index in [1.165, 1.54) is 0 Å². The first-order valence-electron chi connectivity index (χ1n) is 8.57. The Bertz CT molecular complexity index is 836. The summed E-state index contributed by atoms with van der Waals surface area (Å²) in [5, 5.41) is 7.15. The van der Waals surface area contributed by atoms with E-state index >= 15 is 0 Å². The molecule has 2 bridgehead atoms. The Morgan fingerprint density at radius 2 is 2.12 bits per heavy atom. The van der Waals surface area contributed by atoms with Crippen molar-refractivity contribution in [2.45, 2.75) is 38.6 Å². The summed E-state index contributed by atoms with van der Waals surface area (Å²) in [6, 6.07) is 7.31. The highest BCUT2D eigenvalue weighted by Crippen LogP contribution is 2.35. The summed E-state index contributed by atoms with van der Waals surface area (Å²) in [5.74, 6) is 0.876. The van der Waals surface area contributed by atoms with Gasteiger partial charge in [-0.05, 0) is 30.4 Å². The van der Waals surface area contributed by atoms with Gasteiger partial charge in [0.15, 0.2) is 0 Å². The van der Waals surface area contributed by atoms with E-state index in [4.69, 9.17) is 0 Å². The molecule has 2 aliphatic rings. The Hall–Kier alpha value is -2.37. The van der Waals surface area contributed by atoms with Crippen molar-refractivity contribution in [2.75, 3.05) is 13.1 Å². The normalized spacial score (nSPS) is 22.5. The van der Waals surface area contributed by atoms with Crippen molar-refractivity contribution >= 4 is 5.91 Å². The first-order valence-corrected chi connectivity index (χ1v) is 8.57. The number of aromatic amines is 1. The van der Waals surface area contributed by atoms with Gasteiger partial charge >= 0.3 is 0 Å². The number of amides is 1. The zero-order valence-corrected chi connectivity index (χ0v) is 14.0. The van der Waals surface area contributed by atoms with Gasteiger partial charge in [-0.2, -0.15) is 5.10 Å². The quantitative estimate of drug-likeness (QED) is 0.917. The van der Waals surface area contributed by atoms with Gasteiger partial charge < -0.3 is 9.47 Å². The van der Waals surface area contributed by atoms with Crippen molar-refractivity contribution in [3.63, 3.8) is 0 Å². The van der Waals surface area contributed by atoms with Gasteiger partial charge in [0, 0.05) is 43.0 Å². The fourth-order valence-electron chi connectivity index (χ4n) is 3.97. The number of aromatic nitrogens is 3. The number of pyridine rings is 1. The predicted octanol–water partition coefficient (Wildman–Crippen LogP) is 1.95. The SMILES string of the molecule is CC(C)c1cc(C(=O)N2C[C@@H]3C[C@H](C2)c2cccc(=O)n2C3)n[nH]1. The van der Waals surface area contributed by atoms with Crippen molar-refractivity contribution in [3.8, 4) is 0 Å². The summed E-state index contributed by atoms with van der Waals surface area (Å²) in [6.07, 6.45) is 1.05. The molecule has 2 aromatic heterocycles. The third-order valence-corrected chi connectivity index (χ3v) is 5.21. The number of nitrogens with zero attached hydrogens (tertiary/aromatic N) is 3. The van der Waals surface area contributed by atoms with E-state index in [1.54, 1.807) is 6.07 Å². The first kappa shape index (κ1) is 15.2. The lowest BCUT2D eigenvalue weighted by atomic mass is 9.83. The number of rotatable bonds is 2. The summed E-state index contributed by atoms with van der Waals surface area (Å²) in [7, 11) is 0. The van der Waals surface area contributed by atoms with E-state index in [0.717, 1.165) is 17.8 Å². The average molecular weight is 326 g/mol. The van der Waals surface area contributed by atoms with Crippen molar-refractivity contribution in [3.05, 3.63) is 51.7 Å². The van der Waals surface area contributed by atoms with Gasteiger partial charge in [-0.3, -0.25) is 14.7 Å². The Morgan fingerprint density at radius 1 is 1.29 bits per heavy atom. The van der Waals surface area contributed by atoms with Crippen LogP contribution in [0, 0.1) is 5.92 Å². The smallest absolute Gasteiger partial charge is 0.274 e. The number of H-pyrrole nitrogens is 1. The predicted molar refractivity (Wildman–Crippen MR) is 90.1 cm³/mol. The van der Waals surface area contributed by atoms with Gasteiger partial charge in [-0.15, -0.1) is 0 Å². The Labute approximate surface area is 140 Å². The number of carbonyl (C=O) groups is 1. The standard InChI is InChI=1S/C18H22N4O2/c1-11(2)14-7-15(20-19-14)18(24)21-8-12-6-13(10-21)16-4-3-5-17(23)22(16)9-12/h3-5,7,11-13H,6,8-10H2,1-2H3,(H,19,20)/t12-,13+/m0/s1. The van der Waals surface area contributed by atoms with Crippen LogP contribution in [0.5, 0.6) is 0 Å². The largest absolute Gasteiger partial charge is 0.336 e. The minimum Gasteiger partial charge on any atom is -0.336 e. The maximum Gasteiger partial charge on any atom is 0.274 e. The Morgan fingerprint density at radius 3 is 2.88 bits per heavy atom. The van der Waals surface area contributed by atoms with E-state index in [-0.39, 0.29) is 17.4 Å². The summed E-state index contributed by atoms with van der Waals surface area (Å²) >= 11 is 0. The summed E-state index contributed by atoms with van der Waals surface area (Å²) < 4.78 is 1.88. The number of nitrogens with one attached hydrogen (secondary N) is 1. The second-order valence-corrected chi connectivity index (χ2v) is 7.27. The highest BCUT2D eigenvalue weighted by atomic mass is 16.2. The zero-order valence-electron chi connectivity index (χ0n) is 14.0. The molecule has 24 heavy (non-hydrogen) atoms. The maximum absolute atomic E-state index is 12.8. The van der Waals surface area contributed by atoms with Crippen LogP contribution in [0.15, 0.2) is 29.1 Å². The second kappa shape index (κ2) is 5.61. The minimum absolute atomic E-state index is 0.0143. The number of piperidine rings is 1. The van der Waals surface area contributed by atoms with Crippen molar-refractivity contribution in [2.24, 2.45) is 5.92 Å². The van der Waals surface area contributed by atoms with Crippen LogP contribution in [0.25, 0.3) is 0 Å². The molecule has 1 amide bonds. The highest BCUT2D eigenvalue weighted by Gasteiger charge is 2.36. The van der Waals surface area contributed by atoms with Crippen LogP contribution in [-0.2, 0) is 6.54 Å². The number of fused-ring (bicyclic) bond motifs is 4. The summed E-state index contributed by atoms with van der Waals surface area (Å²) in [6.45, 7) is 6.19. The van der Waals surface area contributed by atoms with Gasteiger partial charge in [0.1, 0.15) is 5.69 Å². The summed E-state index contributed by atoms with van der Waals surface area (Å²) in [4.78, 5) is 26.8. The number of hydrogen-bond acceptors (Lipinski definition) is 3. The molecule has 0 radical (unpaired) electrons. The number of carbonyl (C=O) groups excluding carboxylic acids is 1. The van der Waals surface area contributed by atoms with E-state index in [2.05, 4.69) is 24.0 Å². The van der Waals surface area contributed by atoms with Crippen molar-refractivity contribution < 1.29 is 4.79 Å². The van der Waals surface area contributed by atoms with Gasteiger partial charge in [0.25, 0.3) is 11.5 Å². The Balaban J connectivity index is 1.59. The van der Waals surface area contributed by atoms with Gasteiger partial charge in [0.05, 0.1) is 0 Å². The highest BCUT2D eigenvalue weighted by molar-refractivity contribution is 5.92. The number of hydrogen-bond donors (Lipinski definition) is 1. The molecule has 126 valence electrons. The van der Waals surface area contributed by atoms with Crippen LogP contribution < -0.4 is 5.56 Å². The fourth-order valence-corrected chi connectivity index (χ4v) is 3.97. The summed E-state index contributed by atoms with van der Waals surface area (Å²) in [5.41, 5.74) is 2.59. The molecule has 2 aromatic rings. The number of likely N-dealkylation sites (tertiary alicyclic amines) is 1. The molecule has 6 nitrogen and oxygen atoms in total. The third kappa shape index (κ3) is 2.46. The molecular formula is C18H22N4O2.